The van der Waals surface area contributed by atoms with E-state index in [2.05, 4.69) is 26.0 Å². The van der Waals surface area contributed by atoms with E-state index in [0.717, 1.165) is 26.2 Å². The third-order valence-electron chi connectivity index (χ3n) is 3.28. The molecule has 0 unspecified atom stereocenters. The molecule has 21 heavy (non-hydrogen) atoms. The molecule has 1 aliphatic heterocycles. The van der Waals surface area contributed by atoms with E-state index in [1.54, 1.807) is 6.07 Å². The minimum Gasteiger partial charge on any atom is -0.406 e. The second-order valence-electron chi connectivity index (χ2n) is 4.75. The summed E-state index contributed by atoms with van der Waals surface area (Å²) in [5, 5.41) is 12.8. The second-order valence-corrected chi connectivity index (χ2v) is 5.67. The molecule has 1 atom stereocenters. The van der Waals surface area contributed by atoms with Crippen molar-refractivity contribution in [3.63, 3.8) is 0 Å². The fourth-order valence-corrected chi connectivity index (χ4v) is 2.88. The van der Waals surface area contributed by atoms with Gasteiger partial charge in [-0.15, -0.1) is 13.2 Å². The maximum atomic E-state index is 12.3. The smallest absolute Gasteiger partial charge is 0.406 e. The van der Waals surface area contributed by atoms with Gasteiger partial charge in [0.15, 0.2) is 0 Å². The number of benzene rings is 1. The van der Waals surface area contributed by atoms with E-state index in [4.69, 9.17) is 0 Å². The number of nitrogens with one attached hydrogen (secondary N) is 1. The Bertz CT molecular complexity index is 479. The topological polar surface area (TPSA) is 44.7 Å². The fraction of sp³-hybridized carbons (Fsp3) is 0.538. The molecule has 0 bridgehead atoms. The molecule has 1 heterocycles. The van der Waals surface area contributed by atoms with Gasteiger partial charge in [0, 0.05) is 30.7 Å². The molecule has 0 radical (unpaired) electrons. The summed E-state index contributed by atoms with van der Waals surface area (Å²) in [6, 6.07) is 3.93. The van der Waals surface area contributed by atoms with Crippen molar-refractivity contribution in [2.45, 2.75) is 12.4 Å². The molecule has 1 saturated heterocycles. The van der Waals surface area contributed by atoms with Crippen LogP contribution in [0.3, 0.4) is 0 Å². The number of aliphatic hydroxyl groups excluding tert-OH is 1. The largest absolute Gasteiger partial charge is 0.573 e. The summed E-state index contributed by atoms with van der Waals surface area (Å²) in [7, 11) is 0. The first-order valence-corrected chi connectivity index (χ1v) is 7.30. The van der Waals surface area contributed by atoms with Gasteiger partial charge in [-0.1, -0.05) is 15.9 Å². The van der Waals surface area contributed by atoms with Crippen LogP contribution in [0.1, 0.15) is 11.6 Å². The highest BCUT2D eigenvalue weighted by atomic mass is 79.9. The van der Waals surface area contributed by atoms with Gasteiger partial charge in [-0.05, 0) is 23.8 Å². The van der Waals surface area contributed by atoms with Crippen LogP contribution in [0.5, 0.6) is 5.75 Å². The summed E-state index contributed by atoms with van der Waals surface area (Å²) in [6.45, 7) is 2.87. The van der Waals surface area contributed by atoms with Crippen molar-refractivity contribution in [3.8, 4) is 5.75 Å². The summed E-state index contributed by atoms with van der Waals surface area (Å²) in [5.41, 5.74) is 0.591. The van der Waals surface area contributed by atoms with Gasteiger partial charge in [-0.25, -0.2) is 0 Å². The molecule has 1 aromatic rings. The molecular weight excluding hydrogens is 353 g/mol. The highest BCUT2D eigenvalue weighted by Crippen LogP contribution is 2.31. The van der Waals surface area contributed by atoms with Crippen LogP contribution < -0.4 is 10.1 Å². The van der Waals surface area contributed by atoms with E-state index in [-0.39, 0.29) is 18.4 Å². The van der Waals surface area contributed by atoms with Crippen molar-refractivity contribution >= 4 is 15.9 Å². The monoisotopic (exact) mass is 368 g/mol. The van der Waals surface area contributed by atoms with Crippen LogP contribution in [-0.4, -0.2) is 49.2 Å². The third-order valence-corrected chi connectivity index (χ3v) is 3.74. The lowest BCUT2D eigenvalue weighted by Gasteiger charge is -2.34. The van der Waals surface area contributed by atoms with E-state index >= 15 is 0 Å². The summed E-state index contributed by atoms with van der Waals surface area (Å²) >= 11 is 3.18. The van der Waals surface area contributed by atoms with Gasteiger partial charge in [0.25, 0.3) is 0 Å². The van der Waals surface area contributed by atoms with Crippen LogP contribution in [0, 0.1) is 0 Å². The van der Waals surface area contributed by atoms with Crippen LogP contribution in [-0.2, 0) is 0 Å². The number of rotatable bonds is 4. The first-order chi connectivity index (χ1) is 9.89. The number of ether oxygens (including phenoxy) is 1. The van der Waals surface area contributed by atoms with Gasteiger partial charge < -0.3 is 15.2 Å². The number of aliphatic hydroxyl groups is 1. The average Bonchev–Trinajstić information content (AvgIpc) is 2.38. The number of alkyl halides is 3. The van der Waals surface area contributed by atoms with Crippen molar-refractivity contribution in [1.29, 1.82) is 0 Å². The van der Waals surface area contributed by atoms with E-state index in [0.29, 0.717) is 10.0 Å². The minimum atomic E-state index is -4.73. The Morgan fingerprint density at radius 3 is 2.52 bits per heavy atom. The van der Waals surface area contributed by atoms with Gasteiger partial charge in [0.2, 0.25) is 0 Å². The standard InChI is InChI=1S/C13H16BrF3N2O2/c14-10-5-9(6-11(7-10)21-13(15,16)17)12(8-20)19-3-1-18-2-4-19/h5-7,12,18,20H,1-4,8H2/t12-/m1/s1. The molecule has 4 nitrogen and oxygen atoms in total. The van der Waals surface area contributed by atoms with E-state index in [9.17, 15) is 18.3 Å². The van der Waals surface area contributed by atoms with Crippen molar-refractivity contribution in [3.05, 3.63) is 28.2 Å². The first kappa shape index (κ1) is 16.5. The molecule has 1 aromatic carbocycles. The highest BCUT2D eigenvalue weighted by molar-refractivity contribution is 9.10. The van der Waals surface area contributed by atoms with Crippen LogP contribution in [0.2, 0.25) is 0 Å². The molecule has 0 saturated carbocycles. The number of hydrogen-bond donors (Lipinski definition) is 2. The fourth-order valence-electron chi connectivity index (χ4n) is 2.39. The maximum Gasteiger partial charge on any atom is 0.573 e. The molecule has 118 valence electrons. The predicted molar refractivity (Wildman–Crippen MR) is 75.1 cm³/mol. The van der Waals surface area contributed by atoms with E-state index in [1.165, 1.54) is 12.1 Å². The van der Waals surface area contributed by atoms with Gasteiger partial charge in [-0.3, -0.25) is 4.90 Å². The lowest BCUT2D eigenvalue weighted by Crippen LogP contribution is -2.46. The van der Waals surface area contributed by atoms with Gasteiger partial charge >= 0.3 is 6.36 Å². The average molecular weight is 369 g/mol. The lowest BCUT2D eigenvalue weighted by atomic mass is 10.0. The molecule has 2 rings (SSSR count). The Morgan fingerprint density at radius 2 is 1.95 bits per heavy atom. The molecule has 1 aliphatic rings. The molecule has 0 aromatic heterocycles. The summed E-state index contributed by atoms with van der Waals surface area (Å²) < 4.78 is 41.5. The Morgan fingerprint density at radius 1 is 1.29 bits per heavy atom. The van der Waals surface area contributed by atoms with Crippen molar-refractivity contribution in [2.75, 3.05) is 32.8 Å². The van der Waals surface area contributed by atoms with E-state index in [1.807, 2.05) is 4.90 Å². The van der Waals surface area contributed by atoms with Crippen molar-refractivity contribution < 1.29 is 23.0 Å². The molecule has 0 aliphatic carbocycles. The Hall–Kier alpha value is -0.830. The summed E-state index contributed by atoms with van der Waals surface area (Å²) in [6.07, 6.45) is -4.73. The predicted octanol–water partition coefficient (Wildman–Crippen LogP) is 2.29. The zero-order chi connectivity index (χ0) is 15.5. The second kappa shape index (κ2) is 6.95. The number of nitrogens with zero attached hydrogens (tertiary/aromatic N) is 1. The molecular formula is C13H16BrF3N2O2. The van der Waals surface area contributed by atoms with Crippen LogP contribution >= 0.6 is 15.9 Å². The zero-order valence-electron chi connectivity index (χ0n) is 11.2. The zero-order valence-corrected chi connectivity index (χ0v) is 12.7. The Labute approximate surface area is 129 Å². The summed E-state index contributed by atoms with van der Waals surface area (Å²) in [4.78, 5) is 2.04. The lowest BCUT2D eigenvalue weighted by molar-refractivity contribution is -0.274. The summed E-state index contributed by atoms with van der Waals surface area (Å²) in [5.74, 6) is -0.291. The molecule has 8 heteroatoms. The Balaban J connectivity index is 2.23. The van der Waals surface area contributed by atoms with Crippen LogP contribution in [0.25, 0.3) is 0 Å². The number of halogens is 4. The van der Waals surface area contributed by atoms with Gasteiger partial charge in [0.05, 0.1) is 12.6 Å². The third kappa shape index (κ3) is 4.84. The first-order valence-electron chi connectivity index (χ1n) is 6.51. The van der Waals surface area contributed by atoms with Crippen LogP contribution in [0.4, 0.5) is 13.2 Å². The SMILES string of the molecule is OC[C@H](c1cc(Br)cc(OC(F)(F)F)c1)N1CCNCC1. The molecule has 2 N–H and O–H groups in total. The number of piperazine rings is 1. The maximum absolute atomic E-state index is 12.3. The van der Waals surface area contributed by atoms with Crippen molar-refractivity contribution in [1.82, 2.24) is 10.2 Å². The quantitative estimate of drug-likeness (QED) is 0.855. The molecule has 0 amide bonds. The highest BCUT2D eigenvalue weighted by Gasteiger charge is 2.32. The minimum absolute atomic E-state index is 0.165. The molecule has 1 fully saturated rings. The molecule has 0 spiro atoms. The normalized spacial score (nSPS) is 18.5. The van der Waals surface area contributed by atoms with Gasteiger partial charge in [-0.2, -0.15) is 0 Å². The van der Waals surface area contributed by atoms with E-state index < -0.39 is 6.36 Å². The Kier molecular flexibility index (Phi) is 5.48. The number of hydrogen-bond acceptors (Lipinski definition) is 4. The van der Waals surface area contributed by atoms with Crippen molar-refractivity contribution in [2.24, 2.45) is 0 Å². The van der Waals surface area contributed by atoms with Crippen LogP contribution in [0.15, 0.2) is 22.7 Å². The van der Waals surface area contributed by atoms with Gasteiger partial charge in [0.1, 0.15) is 5.75 Å².